The average Bonchev–Trinajstić information content (AvgIpc) is 3.47. The number of halogens is 2. The van der Waals surface area contributed by atoms with Gasteiger partial charge in [0.25, 0.3) is 0 Å². The van der Waals surface area contributed by atoms with Crippen LogP contribution in [0.5, 0.6) is 5.75 Å². The summed E-state index contributed by atoms with van der Waals surface area (Å²) in [5, 5.41) is 14.4. The molecule has 1 aromatic carbocycles. The predicted octanol–water partition coefficient (Wildman–Crippen LogP) is 6.01. The number of ether oxygens (including phenoxy) is 1. The molecular formula is C20H16Cl2N4O3S. The topological polar surface area (TPSA) is 78.6 Å². The fourth-order valence-electron chi connectivity index (χ4n) is 2.57. The van der Waals surface area contributed by atoms with Crippen LogP contribution in [0.2, 0.25) is 10.0 Å². The monoisotopic (exact) mass is 462 g/mol. The maximum absolute atomic E-state index is 6.12. The van der Waals surface area contributed by atoms with Gasteiger partial charge in [-0.1, -0.05) is 48.0 Å². The Labute approximate surface area is 186 Å². The molecule has 4 rings (SSSR count). The van der Waals surface area contributed by atoms with Crippen molar-refractivity contribution < 1.29 is 13.6 Å². The first kappa shape index (κ1) is 20.6. The molecule has 0 saturated carbocycles. The Bertz CT molecular complexity index is 1130. The average molecular weight is 463 g/mol. The van der Waals surface area contributed by atoms with Crippen LogP contribution >= 0.6 is 35.0 Å². The van der Waals surface area contributed by atoms with Gasteiger partial charge in [-0.15, -0.1) is 10.2 Å². The number of aromatic nitrogens is 3. The van der Waals surface area contributed by atoms with Crippen molar-refractivity contribution in [2.45, 2.75) is 18.7 Å². The lowest BCUT2D eigenvalue weighted by atomic mass is 10.3. The predicted molar refractivity (Wildman–Crippen MR) is 117 cm³/mol. The highest BCUT2D eigenvalue weighted by Gasteiger charge is 2.15. The Morgan fingerprint density at radius 2 is 1.97 bits per heavy atom. The molecule has 0 radical (unpaired) electrons. The van der Waals surface area contributed by atoms with Gasteiger partial charge < -0.3 is 13.6 Å². The molecule has 0 atom stereocenters. The zero-order valence-electron chi connectivity index (χ0n) is 15.8. The lowest BCUT2D eigenvalue weighted by molar-refractivity contribution is 0.270. The lowest BCUT2D eigenvalue weighted by Gasteiger charge is -2.07. The maximum Gasteiger partial charge on any atom is 0.221 e. The first-order valence-electron chi connectivity index (χ1n) is 8.97. The van der Waals surface area contributed by atoms with Crippen LogP contribution in [0.3, 0.4) is 0 Å². The maximum atomic E-state index is 6.12. The van der Waals surface area contributed by atoms with Gasteiger partial charge in [0.15, 0.2) is 11.5 Å². The number of nitrogens with zero attached hydrogens (tertiary/aromatic N) is 4. The third-order valence-corrected chi connectivity index (χ3v) is 5.28. The summed E-state index contributed by atoms with van der Waals surface area (Å²) in [7, 11) is 0. The van der Waals surface area contributed by atoms with E-state index in [1.807, 2.05) is 6.92 Å². The molecule has 0 aliphatic rings. The van der Waals surface area contributed by atoms with E-state index in [0.29, 0.717) is 44.1 Å². The fraction of sp³-hybridized carbons (Fsp3) is 0.150. The van der Waals surface area contributed by atoms with E-state index in [0.717, 1.165) is 5.75 Å². The number of benzene rings is 1. The fourth-order valence-corrected chi connectivity index (χ4v) is 3.69. The van der Waals surface area contributed by atoms with Gasteiger partial charge in [0.05, 0.1) is 22.5 Å². The summed E-state index contributed by atoms with van der Waals surface area (Å²) in [6.45, 7) is 2.21. The van der Waals surface area contributed by atoms with E-state index in [-0.39, 0.29) is 6.61 Å². The van der Waals surface area contributed by atoms with Crippen LogP contribution in [0.25, 0.3) is 11.6 Å². The van der Waals surface area contributed by atoms with E-state index in [4.69, 9.17) is 36.8 Å². The number of para-hydroxylation sites is 1. The summed E-state index contributed by atoms with van der Waals surface area (Å²) < 4.78 is 18.5. The Balaban J connectivity index is 1.51. The molecule has 0 aliphatic heterocycles. The summed E-state index contributed by atoms with van der Waals surface area (Å²) >= 11 is 13.8. The Morgan fingerprint density at radius 3 is 2.70 bits per heavy atom. The number of hydrogen-bond acceptors (Lipinski definition) is 7. The van der Waals surface area contributed by atoms with E-state index in [2.05, 4.69) is 15.3 Å². The number of rotatable bonds is 8. The molecule has 30 heavy (non-hydrogen) atoms. The van der Waals surface area contributed by atoms with Gasteiger partial charge in [-0.25, -0.2) is 0 Å². The molecule has 0 spiro atoms. The molecule has 10 heteroatoms. The quantitative estimate of drug-likeness (QED) is 0.235. The zero-order chi connectivity index (χ0) is 20.9. The molecule has 154 valence electrons. The largest absolute Gasteiger partial charge is 0.483 e. The minimum atomic E-state index is 0.179. The van der Waals surface area contributed by atoms with Gasteiger partial charge in [0, 0.05) is 0 Å². The molecule has 7 nitrogen and oxygen atoms in total. The number of furan rings is 2. The molecule has 0 aliphatic carbocycles. The summed E-state index contributed by atoms with van der Waals surface area (Å²) in [5.41, 5.74) is 0. The molecule has 0 amide bonds. The van der Waals surface area contributed by atoms with E-state index < -0.39 is 0 Å². The SMILES string of the molecule is CCSc1nnc(-c2ccco2)n1/N=C/c1ccc(COc2c(Cl)cccc2Cl)o1. The van der Waals surface area contributed by atoms with Crippen molar-refractivity contribution in [1.82, 2.24) is 14.9 Å². The third kappa shape index (κ3) is 4.56. The molecule has 0 N–H and O–H groups in total. The summed E-state index contributed by atoms with van der Waals surface area (Å²) in [6, 6.07) is 12.4. The van der Waals surface area contributed by atoms with Crippen molar-refractivity contribution in [3.8, 4) is 17.3 Å². The van der Waals surface area contributed by atoms with Crippen molar-refractivity contribution in [3.05, 3.63) is 70.3 Å². The van der Waals surface area contributed by atoms with Gasteiger partial charge in [0.2, 0.25) is 11.0 Å². The normalized spacial score (nSPS) is 11.4. The Morgan fingerprint density at radius 1 is 1.13 bits per heavy atom. The van der Waals surface area contributed by atoms with Gasteiger partial charge in [-0.05, 0) is 42.2 Å². The van der Waals surface area contributed by atoms with E-state index in [9.17, 15) is 0 Å². The zero-order valence-corrected chi connectivity index (χ0v) is 18.1. The van der Waals surface area contributed by atoms with Crippen LogP contribution in [0.4, 0.5) is 0 Å². The Hall–Kier alpha value is -2.68. The van der Waals surface area contributed by atoms with Crippen molar-refractivity contribution in [1.29, 1.82) is 0 Å². The number of thioether (sulfide) groups is 1. The second-order valence-corrected chi connectivity index (χ2v) is 7.96. The first-order chi connectivity index (χ1) is 14.7. The highest BCUT2D eigenvalue weighted by atomic mass is 35.5. The van der Waals surface area contributed by atoms with Crippen LogP contribution in [-0.2, 0) is 6.61 Å². The van der Waals surface area contributed by atoms with Crippen LogP contribution in [-0.4, -0.2) is 26.8 Å². The summed E-state index contributed by atoms with van der Waals surface area (Å²) in [4.78, 5) is 0. The second-order valence-electron chi connectivity index (χ2n) is 5.92. The molecule has 0 bridgehead atoms. The van der Waals surface area contributed by atoms with Crippen molar-refractivity contribution >= 4 is 41.2 Å². The summed E-state index contributed by atoms with van der Waals surface area (Å²) in [6.07, 6.45) is 3.16. The standard InChI is InChI=1S/C20H16Cl2N4O3S/c1-2-30-20-25-24-19(17-7-4-10-27-17)26(20)23-11-13-8-9-14(29-13)12-28-18-15(21)5-3-6-16(18)22/h3-11H,2,12H2,1H3/b23-11+. The van der Waals surface area contributed by atoms with Crippen LogP contribution in [0.15, 0.2) is 67.8 Å². The minimum Gasteiger partial charge on any atom is -0.483 e. The smallest absolute Gasteiger partial charge is 0.221 e. The highest BCUT2D eigenvalue weighted by Crippen LogP contribution is 2.33. The first-order valence-corrected chi connectivity index (χ1v) is 10.7. The second kappa shape index (κ2) is 9.42. The number of hydrogen-bond donors (Lipinski definition) is 0. The van der Waals surface area contributed by atoms with E-state index in [1.165, 1.54) is 11.8 Å². The summed E-state index contributed by atoms with van der Waals surface area (Å²) in [5.74, 6) is 3.49. The van der Waals surface area contributed by atoms with E-state index >= 15 is 0 Å². The molecule has 3 aromatic heterocycles. The molecule has 3 heterocycles. The molecular weight excluding hydrogens is 447 g/mol. The van der Waals surface area contributed by atoms with Crippen LogP contribution < -0.4 is 4.74 Å². The van der Waals surface area contributed by atoms with Gasteiger partial charge in [-0.2, -0.15) is 9.78 Å². The molecule has 0 fully saturated rings. The minimum absolute atomic E-state index is 0.179. The van der Waals surface area contributed by atoms with E-state index in [1.54, 1.807) is 59.6 Å². The van der Waals surface area contributed by atoms with Crippen molar-refractivity contribution in [2.75, 3.05) is 5.75 Å². The molecule has 4 aromatic rings. The van der Waals surface area contributed by atoms with Crippen molar-refractivity contribution in [3.63, 3.8) is 0 Å². The van der Waals surface area contributed by atoms with Crippen LogP contribution in [0.1, 0.15) is 18.4 Å². The molecule has 0 unspecified atom stereocenters. The highest BCUT2D eigenvalue weighted by molar-refractivity contribution is 7.99. The third-order valence-electron chi connectivity index (χ3n) is 3.89. The Kier molecular flexibility index (Phi) is 6.47. The van der Waals surface area contributed by atoms with Gasteiger partial charge in [-0.3, -0.25) is 0 Å². The lowest BCUT2D eigenvalue weighted by Crippen LogP contribution is -1.96. The molecule has 0 saturated heterocycles. The van der Waals surface area contributed by atoms with Crippen molar-refractivity contribution in [2.24, 2.45) is 5.10 Å². The van der Waals surface area contributed by atoms with Gasteiger partial charge in [0.1, 0.15) is 18.1 Å². The van der Waals surface area contributed by atoms with Gasteiger partial charge >= 0.3 is 0 Å². The van der Waals surface area contributed by atoms with Crippen LogP contribution in [0, 0.1) is 0 Å².